The molecule has 0 aromatic rings. The highest BCUT2D eigenvalue weighted by Gasteiger charge is 2.22. The summed E-state index contributed by atoms with van der Waals surface area (Å²) >= 11 is 0. The maximum Gasteiger partial charge on any atom is 0.217 e. The Morgan fingerprint density at radius 1 is 1.45 bits per heavy atom. The third kappa shape index (κ3) is 2.50. The van der Waals surface area contributed by atoms with Crippen LogP contribution in [0.3, 0.4) is 0 Å². The van der Waals surface area contributed by atoms with E-state index in [2.05, 4.69) is 5.32 Å². The second-order valence-corrected chi connectivity index (χ2v) is 3.16. The minimum Gasteiger partial charge on any atom is -0.391 e. The van der Waals surface area contributed by atoms with Gasteiger partial charge in [-0.05, 0) is 12.8 Å². The van der Waals surface area contributed by atoms with Crippen LogP contribution in [-0.4, -0.2) is 23.2 Å². The van der Waals surface area contributed by atoms with Gasteiger partial charge in [-0.1, -0.05) is 12.8 Å². The second kappa shape index (κ2) is 3.72. The monoisotopic (exact) mass is 157 g/mol. The average Bonchev–Trinajstić information content (AvgIpc) is 1.93. The first-order valence-electron chi connectivity index (χ1n) is 4.15. The minimum absolute atomic E-state index is 0.00116. The molecule has 0 spiro atoms. The van der Waals surface area contributed by atoms with Crippen molar-refractivity contribution in [3.63, 3.8) is 0 Å². The normalized spacial score (nSPS) is 31.5. The van der Waals surface area contributed by atoms with Gasteiger partial charge in [0, 0.05) is 6.92 Å². The summed E-state index contributed by atoms with van der Waals surface area (Å²) in [7, 11) is 0. The molecule has 1 aliphatic rings. The molecule has 3 heteroatoms. The van der Waals surface area contributed by atoms with Crippen LogP contribution in [0.25, 0.3) is 0 Å². The summed E-state index contributed by atoms with van der Waals surface area (Å²) in [4.78, 5) is 10.6. The van der Waals surface area contributed by atoms with Crippen molar-refractivity contribution in [1.29, 1.82) is 0 Å². The second-order valence-electron chi connectivity index (χ2n) is 3.16. The Bertz CT molecular complexity index is 147. The van der Waals surface area contributed by atoms with Crippen LogP contribution in [0.5, 0.6) is 0 Å². The first kappa shape index (κ1) is 8.53. The first-order valence-corrected chi connectivity index (χ1v) is 4.15. The molecule has 64 valence electrons. The van der Waals surface area contributed by atoms with Crippen molar-refractivity contribution in [1.82, 2.24) is 5.32 Å². The van der Waals surface area contributed by atoms with Crippen molar-refractivity contribution >= 4 is 5.91 Å². The molecule has 11 heavy (non-hydrogen) atoms. The number of aliphatic hydroxyl groups is 1. The highest BCUT2D eigenvalue weighted by Crippen LogP contribution is 2.17. The van der Waals surface area contributed by atoms with Crippen molar-refractivity contribution in [3.8, 4) is 0 Å². The predicted molar refractivity (Wildman–Crippen MR) is 42.1 cm³/mol. The largest absolute Gasteiger partial charge is 0.391 e. The van der Waals surface area contributed by atoms with E-state index in [0.29, 0.717) is 0 Å². The highest BCUT2D eigenvalue weighted by atomic mass is 16.3. The SMILES string of the molecule is CC(=O)N[C@H]1CCCC[C@@H]1O. The molecule has 0 saturated heterocycles. The lowest BCUT2D eigenvalue weighted by atomic mass is 9.93. The lowest BCUT2D eigenvalue weighted by Gasteiger charge is -2.27. The summed E-state index contributed by atoms with van der Waals surface area (Å²) in [5.74, 6) is -0.0454. The third-order valence-electron chi connectivity index (χ3n) is 2.12. The molecule has 3 nitrogen and oxygen atoms in total. The van der Waals surface area contributed by atoms with E-state index < -0.39 is 0 Å². The zero-order chi connectivity index (χ0) is 8.27. The first-order chi connectivity index (χ1) is 5.20. The van der Waals surface area contributed by atoms with E-state index >= 15 is 0 Å². The van der Waals surface area contributed by atoms with Crippen molar-refractivity contribution in [2.75, 3.05) is 0 Å². The Balaban J connectivity index is 2.35. The van der Waals surface area contributed by atoms with Gasteiger partial charge in [-0.25, -0.2) is 0 Å². The molecule has 1 fully saturated rings. The highest BCUT2D eigenvalue weighted by molar-refractivity contribution is 5.73. The lowest BCUT2D eigenvalue weighted by molar-refractivity contribution is -0.120. The maximum absolute atomic E-state index is 10.6. The van der Waals surface area contributed by atoms with Crippen LogP contribution >= 0.6 is 0 Å². The van der Waals surface area contributed by atoms with Gasteiger partial charge in [-0.2, -0.15) is 0 Å². The van der Waals surface area contributed by atoms with Gasteiger partial charge in [0.25, 0.3) is 0 Å². The van der Waals surface area contributed by atoms with E-state index in [0.717, 1.165) is 25.7 Å². The molecule has 1 saturated carbocycles. The van der Waals surface area contributed by atoms with Gasteiger partial charge in [0.1, 0.15) is 0 Å². The zero-order valence-corrected chi connectivity index (χ0v) is 6.84. The summed E-state index contributed by atoms with van der Waals surface area (Å²) in [5, 5.41) is 12.1. The Labute approximate surface area is 66.8 Å². The molecule has 0 aliphatic heterocycles. The van der Waals surface area contributed by atoms with Crippen molar-refractivity contribution in [2.24, 2.45) is 0 Å². The standard InChI is InChI=1S/C8H15NO2/c1-6(10)9-7-4-2-3-5-8(7)11/h7-8,11H,2-5H2,1H3,(H,9,10)/t7-,8-/m0/s1. The van der Waals surface area contributed by atoms with Gasteiger partial charge >= 0.3 is 0 Å². The number of carbonyl (C=O) groups excluding carboxylic acids is 1. The molecule has 0 heterocycles. The molecule has 1 amide bonds. The van der Waals surface area contributed by atoms with E-state index in [-0.39, 0.29) is 18.1 Å². The number of amides is 1. The van der Waals surface area contributed by atoms with Gasteiger partial charge in [0.05, 0.1) is 12.1 Å². The number of hydrogen-bond acceptors (Lipinski definition) is 2. The smallest absolute Gasteiger partial charge is 0.217 e. The lowest BCUT2D eigenvalue weighted by Crippen LogP contribution is -2.44. The molecule has 1 rings (SSSR count). The summed E-state index contributed by atoms with van der Waals surface area (Å²) in [6.07, 6.45) is 3.61. The topological polar surface area (TPSA) is 49.3 Å². The average molecular weight is 157 g/mol. The van der Waals surface area contributed by atoms with Crippen LogP contribution in [0, 0.1) is 0 Å². The zero-order valence-electron chi connectivity index (χ0n) is 6.84. The molecule has 2 atom stereocenters. The third-order valence-corrected chi connectivity index (χ3v) is 2.12. The van der Waals surface area contributed by atoms with Crippen molar-refractivity contribution in [3.05, 3.63) is 0 Å². The fourth-order valence-electron chi connectivity index (χ4n) is 1.54. The molecule has 0 radical (unpaired) electrons. The van der Waals surface area contributed by atoms with Crippen LogP contribution in [0.2, 0.25) is 0 Å². The van der Waals surface area contributed by atoms with E-state index in [4.69, 9.17) is 0 Å². The van der Waals surface area contributed by atoms with Crippen LogP contribution in [0.15, 0.2) is 0 Å². The number of nitrogens with one attached hydrogen (secondary N) is 1. The van der Waals surface area contributed by atoms with Crippen LogP contribution in [0.1, 0.15) is 32.6 Å². The summed E-state index contributed by atoms with van der Waals surface area (Å²) in [6, 6.07) is 0.00116. The summed E-state index contributed by atoms with van der Waals surface area (Å²) in [5.41, 5.74) is 0. The van der Waals surface area contributed by atoms with Gasteiger partial charge in [0.2, 0.25) is 5.91 Å². The van der Waals surface area contributed by atoms with Gasteiger partial charge in [0.15, 0.2) is 0 Å². The minimum atomic E-state index is -0.326. The number of hydrogen-bond donors (Lipinski definition) is 2. The van der Waals surface area contributed by atoms with Crippen LogP contribution in [-0.2, 0) is 4.79 Å². The van der Waals surface area contributed by atoms with Crippen molar-refractivity contribution in [2.45, 2.75) is 44.8 Å². The molecule has 1 aliphatic carbocycles. The Hall–Kier alpha value is -0.570. The fraction of sp³-hybridized carbons (Fsp3) is 0.875. The molecule has 0 aromatic carbocycles. The molecule has 0 aromatic heterocycles. The quantitative estimate of drug-likeness (QED) is 0.579. The van der Waals surface area contributed by atoms with E-state index in [1.807, 2.05) is 0 Å². The van der Waals surface area contributed by atoms with E-state index in [1.165, 1.54) is 6.92 Å². The number of rotatable bonds is 1. The maximum atomic E-state index is 10.6. The van der Waals surface area contributed by atoms with Crippen LogP contribution in [0.4, 0.5) is 0 Å². The Kier molecular flexibility index (Phi) is 2.88. The van der Waals surface area contributed by atoms with Gasteiger partial charge < -0.3 is 10.4 Å². The number of carbonyl (C=O) groups is 1. The fourth-order valence-corrected chi connectivity index (χ4v) is 1.54. The Morgan fingerprint density at radius 2 is 2.09 bits per heavy atom. The molecule has 0 unspecified atom stereocenters. The van der Waals surface area contributed by atoms with Gasteiger partial charge in [-0.3, -0.25) is 4.79 Å². The van der Waals surface area contributed by atoms with Gasteiger partial charge in [-0.15, -0.1) is 0 Å². The molecular formula is C8H15NO2. The summed E-state index contributed by atoms with van der Waals surface area (Å²) < 4.78 is 0. The molecular weight excluding hydrogens is 142 g/mol. The molecule has 0 bridgehead atoms. The number of aliphatic hydroxyl groups excluding tert-OH is 1. The predicted octanol–water partition coefficient (Wildman–Crippen LogP) is 0.426. The van der Waals surface area contributed by atoms with E-state index in [9.17, 15) is 9.90 Å². The summed E-state index contributed by atoms with van der Waals surface area (Å²) in [6.45, 7) is 1.49. The van der Waals surface area contributed by atoms with E-state index in [1.54, 1.807) is 0 Å². The Morgan fingerprint density at radius 3 is 2.64 bits per heavy atom. The van der Waals surface area contributed by atoms with Crippen LogP contribution < -0.4 is 5.32 Å². The van der Waals surface area contributed by atoms with Crippen molar-refractivity contribution < 1.29 is 9.90 Å². The molecule has 2 N–H and O–H groups in total.